The first-order valence-electron chi connectivity index (χ1n) is 11.2. The zero-order valence-electron chi connectivity index (χ0n) is 20.7. The van der Waals surface area contributed by atoms with Crippen LogP contribution in [0.1, 0.15) is 42.4 Å². The van der Waals surface area contributed by atoms with Crippen LogP contribution >= 0.6 is 11.3 Å². The smallest absolute Gasteiger partial charge is 0.328 e. The number of ether oxygens (including phenoxy) is 5. The number of benzene rings is 1. The Bertz CT molecular complexity index is 1190. The summed E-state index contributed by atoms with van der Waals surface area (Å²) in [6, 6.07) is 9.55. The Morgan fingerprint density at radius 1 is 1.05 bits per heavy atom. The number of carbonyl (C=O) groups is 3. The Morgan fingerprint density at radius 2 is 1.81 bits per heavy atom. The van der Waals surface area contributed by atoms with E-state index in [0.29, 0.717) is 10.8 Å². The van der Waals surface area contributed by atoms with Crippen molar-refractivity contribution in [1.82, 2.24) is 15.3 Å². The maximum absolute atomic E-state index is 12.9. The fraction of sp³-hybridized carbons (Fsp3) is 0.320. The summed E-state index contributed by atoms with van der Waals surface area (Å²) in [6.45, 7) is 3.93. The second-order valence-electron chi connectivity index (χ2n) is 7.65. The molecule has 0 radical (unpaired) electrons. The lowest BCUT2D eigenvalue weighted by molar-refractivity contribution is -0.155. The average Bonchev–Trinajstić information content (AvgIpc) is 3.42. The number of rotatable bonds is 12. The third-order valence-electron chi connectivity index (χ3n) is 4.90. The van der Waals surface area contributed by atoms with Crippen LogP contribution in [0.2, 0.25) is 0 Å². The van der Waals surface area contributed by atoms with Crippen LogP contribution in [-0.4, -0.2) is 53.9 Å². The number of thiazole rings is 1. The summed E-state index contributed by atoms with van der Waals surface area (Å²) in [5, 5.41) is 4.98. The van der Waals surface area contributed by atoms with Gasteiger partial charge in [-0.15, -0.1) is 11.3 Å². The number of hydrogen-bond donors (Lipinski definition) is 1. The molecule has 1 aromatic carbocycles. The van der Waals surface area contributed by atoms with E-state index in [-0.39, 0.29) is 17.2 Å². The van der Waals surface area contributed by atoms with Gasteiger partial charge < -0.3 is 29.0 Å². The molecule has 1 unspecified atom stereocenters. The Labute approximate surface area is 217 Å². The van der Waals surface area contributed by atoms with Crippen molar-refractivity contribution in [3.8, 4) is 17.2 Å². The Kier molecular flexibility index (Phi) is 9.78. The van der Waals surface area contributed by atoms with Crippen molar-refractivity contribution in [2.75, 3.05) is 13.9 Å². The quantitative estimate of drug-likeness (QED) is 0.275. The molecule has 37 heavy (non-hydrogen) atoms. The standard InChI is InChI=1S/C25H27N3O8S/c1-15(28-23(30)20-22(34-14-33-17(3)29)19(32-4)10-11-26-20)25(31)35-16(2)21(24-27-12-13-37-24)36-18-8-6-5-7-9-18/h5-13,15-16,21H,14H2,1-4H3,(H,28,30)/t15-,16-,21?/m0/s1. The molecule has 11 nitrogen and oxygen atoms in total. The fourth-order valence-electron chi connectivity index (χ4n) is 3.10. The maximum Gasteiger partial charge on any atom is 0.328 e. The molecule has 0 saturated heterocycles. The van der Waals surface area contributed by atoms with E-state index in [1.807, 2.05) is 18.2 Å². The number of pyridine rings is 1. The van der Waals surface area contributed by atoms with E-state index >= 15 is 0 Å². The maximum atomic E-state index is 12.9. The summed E-state index contributed by atoms with van der Waals surface area (Å²) >= 11 is 1.37. The van der Waals surface area contributed by atoms with Crippen LogP contribution < -0.4 is 19.5 Å². The highest BCUT2D eigenvalue weighted by molar-refractivity contribution is 7.09. The minimum Gasteiger partial charge on any atom is -0.493 e. The van der Waals surface area contributed by atoms with Crippen LogP contribution in [0.4, 0.5) is 0 Å². The SMILES string of the molecule is COc1ccnc(C(=O)N[C@@H](C)C(=O)O[C@@H](C)C(Oc2ccccc2)c2nccs2)c1OCOC(C)=O. The molecular formula is C25H27N3O8S. The number of methoxy groups -OCH3 is 1. The lowest BCUT2D eigenvalue weighted by atomic mass is 10.2. The van der Waals surface area contributed by atoms with Gasteiger partial charge in [0.25, 0.3) is 5.91 Å². The number of nitrogens with one attached hydrogen (secondary N) is 1. The normalized spacial score (nSPS) is 13.0. The minimum absolute atomic E-state index is 0.0437. The first-order valence-corrected chi connectivity index (χ1v) is 12.1. The summed E-state index contributed by atoms with van der Waals surface area (Å²) < 4.78 is 27.1. The molecule has 0 bridgehead atoms. The molecular weight excluding hydrogens is 502 g/mol. The molecule has 0 aliphatic heterocycles. The van der Waals surface area contributed by atoms with Gasteiger partial charge in [0.1, 0.15) is 22.9 Å². The van der Waals surface area contributed by atoms with Crippen molar-refractivity contribution in [2.24, 2.45) is 0 Å². The molecule has 3 rings (SSSR count). The molecule has 12 heteroatoms. The Balaban J connectivity index is 1.68. The van der Waals surface area contributed by atoms with Gasteiger partial charge in [-0.1, -0.05) is 18.2 Å². The van der Waals surface area contributed by atoms with Gasteiger partial charge in [-0.3, -0.25) is 9.59 Å². The predicted octanol–water partition coefficient (Wildman–Crippen LogP) is 3.32. The van der Waals surface area contributed by atoms with Crippen LogP contribution in [-0.2, 0) is 19.1 Å². The third kappa shape index (κ3) is 7.64. The number of carbonyl (C=O) groups excluding carboxylic acids is 3. The Morgan fingerprint density at radius 3 is 2.46 bits per heavy atom. The first-order chi connectivity index (χ1) is 17.8. The second kappa shape index (κ2) is 13.2. The highest BCUT2D eigenvalue weighted by Crippen LogP contribution is 2.30. The lowest BCUT2D eigenvalue weighted by Gasteiger charge is -2.25. The summed E-state index contributed by atoms with van der Waals surface area (Å²) in [4.78, 5) is 45.2. The van der Waals surface area contributed by atoms with Gasteiger partial charge in [-0.05, 0) is 26.0 Å². The van der Waals surface area contributed by atoms with E-state index in [4.69, 9.17) is 23.7 Å². The van der Waals surface area contributed by atoms with E-state index in [9.17, 15) is 14.4 Å². The van der Waals surface area contributed by atoms with Gasteiger partial charge in [0.05, 0.1) is 7.11 Å². The predicted molar refractivity (Wildman–Crippen MR) is 132 cm³/mol. The van der Waals surface area contributed by atoms with E-state index in [2.05, 4.69) is 15.3 Å². The summed E-state index contributed by atoms with van der Waals surface area (Å²) in [6.07, 6.45) is 1.60. The highest BCUT2D eigenvalue weighted by atomic mass is 32.1. The largest absolute Gasteiger partial charge is 0.493 e. The zero-order valence-corrected chi connectivity index (χ0v) is 21.5. The lowest BCUT2D eigenvalue weighted by Crippen LogP contribution is -2.42. The average molecular weight is 530 g/mol. The third-order valence-corrected chi connectivity index (χ3v) is 5.74. The molecule has 196 valence electrons. The zero-order chi connectivity index (χ0) is 26.8. The number of hydrogen-bond acceptors (Lipinski definition) is 11. The molecule has 2 aromatic heterocycles. The van der Waals surface area contributed by atoms with E-state index < -0.39 is 42.9 Å². The highest BCUT2D eigenvalue weighted by Gasteiger charge is 2.30. The van der Waals surface area contributed by atoms with Crippen molar-refractivity contribution in [3.63, 3.8) is 0 Å². The number of para-hydroxylation sites is 1. The van der Waals surface area contributed by atoms with Crippen LogP contribution in [0.5, 0.6) is 17.2 Å². The second-order valence-corrected chi connectivity index (χ2v) is 8.57. The van der Waals surface area contributed by atoms with Crippen LogP contribution in [0.3, 0.4) is 0 Å². The summed E-state index contributed by atoms with van der Waals surface area (Å²) in [5.41, 5.74) is -0.160. The molecule has 0 saturated carbocycles. The monoisotopic (exact) mass is 529 g/mol. The molecule has 2 heterocycles. The summed E-state index contributed by atoms with van der Waals surface area (Å²) in [5.74, 6) is -1.22. The molecule has 1 N–H and O–H groups in total. The molecule has 0 fully saturated rings. The molecule has 0 aliphatic rings. The van der Waals surface area contributed by atoms with E-state index in [1.54, 1.807) is 30.6 Å². The molecule has 0 aliphatic carbocycles. The van der Waals surface area contributed by atoms with E-state index in [1.165, 1.54) is 44.6 Å². The van der Waals surface area contributed by atoms with E-state index in [0.717, 1.165) is 0 Å². The van der Waals surface area contributed by atoms with Gasteiger partial charge in [-0.25, -0.2) is 14.8 Å². The van der Waals surface area contributed by atoms with Gasteiger partial charge in [0.15, 0.2) is 23.3 Å². The Hall–Kier alpha value is -4.19. The number of amides is 1. The van der Waals surface area contributed by atoms with Gasteiger partial charge >= 0.3 is 11.9 Å². The molecule has 1 amide bonds. The molecule has 3 atom stereocenters. The van der Waals surface area contributed by atoms with Crippen molar-refractivity contribution < 1.29 is 38.1 Å². The fourth-order valence-corrected chi connectivity index (χ4v) is 3.86. The van der Waals surface area contributed by atoms with Crippen molar-refractivity contribution in [3.05, 3.63) is 64.9 Å². The van der Waals surface area contributed by atoms with Gasteiger partial charge in [0, 0.05) is 30.8 Å². The van der Waals surface area contributed by atoms with Gasteiger partial charge in [0.2, 0.25) is 6.79 Å². The van der Waals surface area contributed by atoms with Crippen molar-refractivity contribution >= 4 is 29.2 Å². The van der Waals surface area contributed by atoms with Crippen LogP contribution in [0.15, 0.2) is 54.2 Å². The number of nitrogens with zero attached hydrogens (tertiary/aromatic N) is 2. The minimum atomic E-state index is -1.04. The topological polar surface area (TPSA) is 135 Å². The van der Waals surface area contributed by atoms with Crippen molar-refractivity contribution in [1.29, 1.82) is 0 Å². The summed E-state index contributed by atoms with van der Waals surface area (Å²) in [7, 11) is 1.38. The van der Waals surface area contributed by atoms with Gasteiger partial charge in [-0.2, -0.15) is 0 Å². The molecule has 0 spiro atoms. The van der Waals surface area contributed by atoms with Crippen LogP contribution in [0.25, 0.3) is 0 Å². The number of aromatic nitrogens is 2. The van der Waals surface area contributed by atoms with Crippen LogP contribution in [0, 0.1) is 0 Å². The molecule has 3 aromatic rings. The van der Waals surface area contributed by atoms with Crippen molar-refractivity contribution in [2.45, 2.75) is 39.0 Å². The first kappa shape index (κ1) is 27.4. The number of esters is 2.